The third kappa shape index (κ3) is 3.15. The molecule has 0 aliphatic carbocycles. The maximum atomic E-state index is 5.85. The van der Waals surface area contributed by atoms with Crippen LogP contribution in [0.25, 0.3) is 11.3 Å². The molecule has 0 aliphatic heterocycles. The summed E-state index contributed by atoms with van der Waals surface area (Å²) in [7, 11) is 3.15. The Morgan fingerprint density at radius 2 is 2.15 bits per heavy atom. The summed E-state index contributed by atoms with van der Waals surface area (Å²) in [6, 6.07) is 7.51. The van der Waals surface area contributed by atoms with Crippen LogP contribution in [0.1, 0.15) is 5.56 Å². The molecule has 6 heteroatoms. The number of halogens is 1. The molecule has 104 valence electrons. The average molecular weight is 336 g/mol. The van der Waals surface area contributed by atoms with Gasteiger partial charge in [-0.3, -0.25) is 9.98 Å². The number of aromatic nitrogens is 1. The topological polar surface area (TPSA) is 69.7 Å². The van der Waals surface area contributed by atoms with Crippen LogP contribution in [-0.2, 0) is 4.89 Å². The normalized spacial score (nSPS) is 10.9. The van der Waals surface area contributed by atoms with Gasteiger partial charge in [-0.2, -0.15) is 4.89 Å². The maximum absolute atomic E-state index is 5.85. The Morgan fingerprint density at radius 1 is 1.35 bits per heavy atom. The maximum Gasteiger partial charge on any atom is 0.180 e. The average Bonchev–Trinajstić information content (AvgIpc) is 2.44. The Hall–Kier alpha value is -1.92. The van der Waals surface area contributed by atoms with E-state index >= 15 is 0 Å². The molecule has 1 aromatic heterocycles. The number of aliphatic imine (C=N–C) groups is 1. The van der Waals surface area contributed by atoms with Crippen molar-refractivity contribution in [3.63, 3.8) is 0 Å². The Balaban J connectivity index is 2.46. The number of nitrogens with zero attached hydrogens (tertiary/aromatic N) is 2. The van der Waals surface area contributed by atoms with Crippen molar-refractivity contribution in [2.75, 3.05) is 19.9 Å². The lowest BCUT2D eigenvalue weighted by Gasteiger charge is -2.08. The Morgan fingerprint density at radius 3 is 2.85 bits per heavy atom. The third-order valence-corrected chi connectivity index (χ3v) is 3.29. The van der Waals surface area contributed by atoms with Gasteiger partial charge in [-0.15, -0.1) is 0 Å². The van der Waals surface area contributed by atoms with Crippen LogP contribution in [0.15, 0.2) is 39.9 Å². The van der Waals surface area contributed by atoms with Crippen molar-refractivity contribution in [1.82, 2.24) is 4.98 Å². The van der Waals surface area contributed by atoms with Gasteiger partial charge in [-0.25, -0.2) is 0 Å². The van der Waals surface area contributed by atoms with Gasteiger partial charge < -0.3 is 10.6 Å². The van der Waals surface area contributed by atoms with E-state index in [-0.39, 0.29) is 0 Å². The standard InChI is InChI=1S/C14H14BrN3O2/c1-17-7-10-5-13(18-8-12(10)16)9-3-4-11(15)14(6-9)20-19-2/h3-8H,16H2,1-2H3. The largest absolute Gasteiger partial charge is 0.397 e. The minimum Gasteiger partial charge on any atom is -0.397 e. The molecule has 2 N–H and O–H groups in total. The number of pyridine rings is 1. The number of benzene rings is 1. The molecule has 0 radical (unpaired) electrons. The van der Waals surface area contributed by atoms with Gasteiger partial charge in [0.25, 0.3) is 0 Å². The molecule has 2 rings (SSSR count). The highest BCUT2D eigenvalue weighted by Gasteiger charge is 2.08. The summed E-state index contributed by atoms with van der Waals surface area (Å²) in [5, 5.41) is 0. The highest BCUT2D eigenvalue weighted by Crippen LogP contribution is 2.30. The first-order chi connectivity index (χ1) is 9.65. The van der Waals surface area contributed by atoms with Gasteiger partial charge in [0.15, 0.2) is 5.75 Å². The fourth-order valence-corrected chi connectivity index (χ4v) is 2.02. The molecule has 0 spiro atoms. The van der Waals surface area contributed by atoms with Crippen LogP contribution in [0.4, 0.5) is 5.69 Å². The van der Waals surface area contributed by atoms with Crippen LogP contribution in [0.5, 0.6) is 5.75 Å². The summed E-state index contributed by atoms with van der Waals surface area (Å²) in [5.74, 6) is 0.578. The number of rotatable bonds is 4. The highest BCUT2D eigenvalue weighted by molar-refractivity contribution is 9.10. The molecule has 0 atom stereocenters. The van der Waals surface area contributed by atoms with Crippen molar-refractivity contribution in [3.05, 3.63) is 40.5 Å². The van der Waals surface area contributed by atoms with E-state index in [0.717, 1.165) is 21.3 Å². The summed E-state index contributed by atoms with van der Waals surface area (Å²) in [5.41, 5.74) is 8.94. The molecule has 0 unspecified atom stereocenters. The number of nitrogens with two attached hydrogens (primary N) is 1. The summed E-state index contributed by atoms with van der Waals surface area (Å²) >= 11 is 3.39. The first-order valence-corrected chi connectivity index (χ1v) is 6.63. The number of hydrogen-bond acceptors (Lipinski definition) is 5. The molecule has 1 aromatic carbocycles. The predicted molar refractivity (Wildman–Crippen MR) is 82.9 cm³/mol. The minimum atomic E-state index is 0.578. The van der Waals surface area contributed by atoms with E-state index in [0.29, 0.717) is 11.4 Å². The van der Waals surface area contributed by atoms with Crippen LogP contribution in [0, 0.1) is 0 Å². The zero-order valence-electron chi connectivity index (χ0n) is 11.1. The highest BCUT2D eigenvalue weighted by atomic mass is 79.9. The lowest BCUT2D eigenvalue weighted by molar-refractivity contribution is -0.178. The molecule has 0 bridgehead atoms. The molecule has 2 aromatic rings. The van der Waals surface area contributed by atoms with E-state index in [4.69, 9.17) is 10.6 Å². The van der Waals surface area contributed by atoms with Gasteiger partial charge in [-0.05, 0) is 34.1 Å². The van der Waals surface area contributed by atoms with E-state index in [2.05, 4.69) is 30.8 Å². The van der Waals surface area contributed by atoms with E-state index in [9.17, 15) is 0 Å². The molecular weight excluding hydrogens is 322 g/mol. The van der Waals surface area contributed by atoms with Gasteiger partial charge in [0.1, 0.15) is 0 Å². The monoisotopic (exact) mass is 335 g/mol. The molecule has 0 aliphatic rings. The van der Waals surface area contributed by atoms with Gasteiger partial charge in [0.2, 0.25) is 0 Å². The van der Waals surface area contributed by atoms with Crippen LogP contribution < -0.4 is 10.6 Å². The second kappa shape index (κ2) is 6.49. The molecule has 20 heavy (non-hydrogen) atoms. The van der Waals surface area contributed by atoms with E-state index < -0.39 is 0 Å². The summed E-state index contributed by atoms with van der Waals surface area (Å²) in [6.07, 6.45) is 3.32. The lowest BCUT2D eigenvalue weighted by atomic mass is 10.1. The molecule has 1 heterocycles. The van der Waals surface area contributed by atoms with Gasteiger partial charge in [0, 0.05) is 24.4 Å². The van der Waals surface area contributed by atoms with Crippen LogP contribution in [-0.4, -0.2) is 25.4 Å². The quantitative estimate of drug-likeness (QED) is 0.529. The van der Waals surface area contributed by atoms with Gasteiger partial charge in [0.05, 0.1) is 29.2 Å². The van der Waals surface area contributed by atoms with Crippen molar-refractivity contribution in [2.45, 2.75) is 0 Å². The van der Waals surface area contributed by atoms with Gasteiger partial charge in [-0.1, -0.05) is 6.07 Å². The second-order valence-electron chi connectivity index (χ2n) is 3.98. The van der Waals surface area contributed by atoms with Crippen LogP contribution in [0.2, 0.25) is 0 Å². The summed E-state index contributed by atoms with van der Waals surface area (Å²) in [4.78, 5) is 18.1. The van der Waals surface area contributed by atoms with Gasteiger partial charge >= 0.3 is 0 Å². The molecule has 0 saturated heterocycles. The second-order valence-corrected chi connectivity index (χ2v) is 4.84. The fourth-order valence-electron chi connectivity index (χ4n) is 1.71. The minimum absolute atomic E-state index is 0.578. The molecule has 0 amide bonds. The van der Waals surface area contributed by atoms with E-state index in [1.807, 2.05) is 24.3 Å². The summed E-state index contributed by atoms with van der Waals surface area (Å²) in [6.45, 7) is 0. The first kappa shape index (κ1) is 14.5. The number of nitrogen functional groups attached to an aromatic ring is 1. The van der Waals surface area contributed by atoms with E-state index in [1.54, 1.807) is 19.5 Å². The van der Waals surface area contributed by atoms with Crippen molar-refractivity contribution in [2.24, 2.45) is 4.99 Å². The zero-order valence-corrected chi connectivity index (χ0v) is 12.7. The predicted octanol–water partition coefficient (Wildman–Crippen LogP) is 3.08. The van der Waals surface area contributed by atoms with Crippen molar-refractivity contribution in [3.8, 4) is 17.0 Å². The van der Waals surface area contributed by atoms with Crippen molar-refractivity contribution in [1.29, 1.82) is 0 Å². The molecule has 0 saturated carbocycles. The van der Waals surface area contributed by atoms with E-state index in [1.165, 1.54) is 7.11 Å². The SMILES string of the molecule is CN=Cc1cc(-c2ccc(Br)c(OOC)c2)ncc1N. The fraction of sp³-hybridized carbons (Fsp3) is 0.143. The Labute approximate surface area is 125 Å². The van der Waals surface area contributed by atoms with Crippen LogP contribution >= 0.6 is 15.9 Å². The van der Waals surface area contributed by atoms with Crippen molar-refractivity contribution < 1.29 is 9.78 Å². The molecule has 0 fully saturated rings. The zero-order chi connectivity index (χ0) is 14.5. The summed E-state index contributed by atoms with van der Waals surface area (Å²) < 4.78 is 0.800. The number of anilines is 1. The third-order valence-electron chi connectivity index (χ3n) is 2.64. The number of hydrogen-bond donors (Lipinski definition) is 1. The lowest BCUT2D eigenvalue weighted by Crippen LogP contribution is -1.97. The van der Waals surface area contributed by atoms with Crippen molar-refractivity contribution >= 4 is 27.8 Å². The smallest absolute Gasteiger partial charge is 0.180 e. The Bertz CT molecular complexity index is 644. The first-order valence-electron chi connectivity index (χ1n) is 5.84. The molecule has 5 nitrogen and oxygen atoms in total. The van der Waals surface area contributed by atoms with Crippen LogP contribution in [0.3, 0.4) is 0 Å². The molecular formula is C14H14BrN3O2. The Kier molecular flexibility index (Phi) is 4.70.